The molecule has 1 amide bonds. The van der Waals surface area contributed by atoms with Crippen molar-refractivity contribution in [2.24, 2.45) is 0 Å². The van der Waals surface area contributed by atoms with E-state index >= 15 is 0 Å². The number of aryl methyl sites for hydroxylation is 1. The van der Waals surface area contributed by atoms with Gasteiger partial charge in [0.15, 0.2) is 6.29 Å². The molecule has 11 nitrogen and oxygen atoms in total. The molecular weight excluding hydrogens is 360 g/mol. The van der Waals surface area contributed by atoms with Crippen molar-refractivity contribution in [3.8, 4) is 0 Å². The van der Waals surface area contributed by atoms with E-state index in [4.69, 9.17) is 14.6 Å². The average Bonchev–Trinajstić information content (AvgIpc) is 3.12. The fraction of sp³-hybridized carbons (Fsp3) is 0.688. The van der Waals surface area contributed by atoms with Crippen LogP contribution in [0.15, 0.2) is 18.9 Å². The number of carbonyl (C=O) groups excluding carboxylic acids is 1. The lowest BCUT2D eigenvalue weighted by Crippen LogP contribution is -2.59. The van der Waals surface area contributed by atoms with Crippen molar-refractivity contribution in [1.29, 1.82) is 0 Å². The molecule has 1 fully saturated rings. The number of aliphatic hydroxyl groups is 4. The lowest BCUT2D eigenvalue weighted by molar-refractivity contribution is -0.299. The molecule has 27 heavy (non-hydrogen) atoms. The van der Waals surface area contributed by atoms with Crippen molar-refractivity contribution in [1.82, 2.24) is 20.3 Å². The summed E-state index contributed by atoms with van der Waals surface area (Å²) in [5.41, 5.74) is 0.579. The molecule has 152 valence electrons. The smallest absolute Gasteiger partial charge is 0.246 e. The highest BCUT2D eigenvalue weighted by atomic mass is 16.7. The molecule has 2 rings (SSSR count). The van der Waals surface area contributed by atoms with Gasteiger partial charge >= 0.3 is 0 Å². The minimum Gasteiger partial charge on any atom is -0.394 e. The molecule has 11 heteroatoms. The van der Waals surface area contributed by atoms with Crippen molar-refractivity contribution in [2.45, 2.75) is 56.6 Å². The van der Waals surface area contributed by atoms with Gasteiger partial charge in [-0.05, 0) is 12.8 Å². The second-order valence-corrected chi connectivity index (χ2v) is 6.19. The Kier molecular flexibility index (Phi) is 8.28. The molecule has 1 saturated heterocycles. The third-order valence-corrected chi connectivity index (χ3v) is 4.08. The first-order chi connectivity index (χ1) is 13.0. The van der Waals surface area contributed by atoms with Crippen LogP contribution in [0.25, 0.3) is 0 Å². The molecule has 0 unspecified atom stereocenters. The zero-order valence-corrected chi connectivity index (χ0v) is 14.8. The monoisotopic (exact) mass is 386 g/mol. The van der Waals surface area contributed by atoms with E-state index in [-0.39, 0.29) is 6.54 Å². The number of hydrogen-bond acceptors (Lipinski definition) is 9. The van der Waals surface area contributed by atoms with Crippen LogP contribution in [0.4, 0.5) is 0 Å². The van der Waals surface area contributed by atoms with Gasteiger partial charge in [0.25, 0.3) is 0 Å². The molecule has 1 aromatic rings. The van der Waals surface area contributed by atoms with Gasteiger partial charge in [-0.1, -0.05) is 11.3 Å². The number of unbranched alkanes of at least 4 members (excludes halogenated alkanes) is 1. The van der Waals surface area contributed by atoms with Crippen molar-refractivity contribution < 1.29 is 34.7 Å². The highest BCUT2D eigenvalue weighted by molar-refractivity contribution is 5.77. The van der Waals surface area contributed by atoms with Crippen LogP contribution >= 0.6 is 0 Å². The van der Waals surface area contributed by atoms with Crippen LogP contribution in [0, 0.1) is 0 Å². The van der Waals surface area contributed by atoms with Crippen molar-refractivity contribution in [3.63, 3.8) is 0 Å². The van der Waals surface area contributed by atoms with Gasteiger partial charge in [-0.25, -0.2) is 0 Å². The van der Waals surface area contributed by atoms with E-state index in [1.54, 1.807) is 10.9 Å². The molecule has 0 spiro atoms. The molecule has 0 aliphatic carbocycles. The first kappa shape index (κ1) is 21.4. The Labute approximate surface area is 156 Å². The molecule has 0 bridgehead atoms. The highest BCUT2D eigenvalue weighted by Gasteiger charge is 2.44. The molecule has 0 radical (unpaired) electrons. The number of rotatable bonds is 10. The number of ether oxygens (including phenoxy) is 2. The summed E-state index contributed by atoms with van der Waals surface area (Å²) in [4.78, 5) is 11.9. The van der Waals surface area contributed by atoms with Crippen molar-refractivity contribution in [3.05, 3.63) is 24.5 Å². The molecule has 1 aliphatic heterocycles. The van der Waals surface area contributed by atoms with Crippen LogP contribution in [0.3, 0.4) is 0 Å². The molecule has 0 aromatic carbocycles. The number of nitrogens with one attached hydrogen (secondary N) is 1. The van der Waals surface area contributed by atoms with Crippen LogP contribution < -0.4 is 5.32 Å². The zero-order chi connectivity index (χ0) is 19.8. The lowest BCUT2D eigenvalue weighted by atomic mass is 9.99. The van der Waals surface area contributed by atoms with Gasteiger partial charge in [0.05, 0.1) is 19.3 Å². The van der Waals surface area contributed by atoms with Crippen LogP contribution in [0.2, 0.25) is 0 Å². The Bertz CT molecular complexity index is 609. The summed E-state index contributed by atoms with van der Waals surface area (Å²) in [6.45, 7) is 3.49. The summed E-state index contributed by atoms with van der Waals surface area (Å²) in [6.07, 6.45) is -1.70. The van der Waals surface area contributed by atoms with E-state index in [1.807, 2.05) is 6.08 Å². The second kappa shape index (κ2) is 10.4. The summed E-state index contributed by atoms with van der Waals surface area (Å²) in [6, 6.07) is 0. The van der Waals surface area contributed by atoms with Crippen LogP contribution in [-0.2, 0) is 27.4 Å². The Morgan fingerprint density at radius 3 is 2.85 bits per heavy atom. The molecule has 2 heterocycles. The lowest BCUT2D eigenvalue weighted by Gasteiger charge is -2.39. The first-order valence-electron chi connectivity index (χ1n) is 8.65. The first-order valence-corrected chi connectivity index (χ1v) is 8.65. The van der Waals surface area contributed by atoms with Crippen molar-refractivity contribution in [2.75, 3.05) is 13.2 Å². The van der Waals surface area contributed by atoms with Gasteiger partial charge in [0, 0.05) is 6.54 Å². The fourth-order valence-electron chi connectivity index (χ4n) is 2.53. The number of aromatic nitrogens is 3. The average molecular weight is 386 g/mol. The normalized spacial score (nSPS) is 28.1. The number of nitrogens with zero attached hydrogens (tertiary/aromatic N) is 3. The summed E-state index contributed by atoms with van der Waals surface area (Å²) in [5, 5.41) is 48.8. The van der Waals surface area contributed by atoms with Gasteiger partial charge in [0.1, 0.15) is 36.7 Å². The van der Waals surface area contributed by atoms with E-state index in [1.165, 1.54) is 0 Å². The van der Waals surface area contributed by atoms with Gasteiger partial charge < -0.3 is 35.2 Å². The van der Waals surface area contributed by atoms with E-state index in [0.717, 1.165) is 12.8 Å². The maximum Gasteiger partial charge on any atom is 0.246 e. The number of hydrogen-bond donors (Lipinski definition) is 5. The predicted molar refractivity (Wildman–Crippen MR) is 91.0 cm³/mol. The summed E-state index contributed by atoms with van der Waals surface area (Å²) in [7, 11) is 0. The van der Waals surface area contributed by atoms with Gasteiger partial charge in [-0.2, -0.15) is 0 Å². The number of aliphatic hydroxyl groups excluding tert-OH is 4. The summed E-state index contributed by atoms with van der Waals surface area (Å²) < 4.78 is 12.0. The maximum absolute atomic E-state index is 11.9. The molecule has 1 aromatic heterocycles. The van der Waals surface area contributed by atoms with E-state index in [9.17, 15) is 20.1 Å². The minimum atomic E-state index is -1.56. The Morgan fingerprint density at radius 2 is 2.15 bits per heavy atom. The highest BCUT2D eigenvalue weighted by Crippen LogP contribution is 2.21. The second-order valence-electron chi connectivity index (χ2n) is 6.19. The summed E-state index contributed by atoms with van der Waals surface area (Å²) >= 11 is 0. The van der Waals surface area contributed by atoms with E-state index < -0.39 is 49.8 Å². The topological polar surface area (TPSA) is 159 Å². The van der Waals surface area contributed by atoms with Crippen LogP contribution in [-0.4, -0.2) is 85.2 Å². The number of carbonyl (C=O) groups is 1. The Hall–Kier alpha value is -1.89. The fourth-order valence-corrected chi connectivity index (χ4v) is 2.53. The third kappa shape index (κ3) is 6.06. The van der Waals surface area contributed by atoms with Crippen LogP contribution in [0.5, 0.6) is 0 Å². The maximum atomic E-state index is 11.9. The standard InChI is InChI=1S/C16H26N4O7/c1-2-3-4-5-20-7-10(18-19-20)6-17-12(22)9-26-16-15(25)14(24)13(23)11(8-21)27-16/h2,7,11,13-16,21,23-25H,1,3-6,8-9H2,(H,17,22)/t11-,13+,14+,15-,16+/m1/s1. The van der Waals surface area contributed by atoms with E-state index in [0.29, 0.717) is 12.2 Å². The molecular formula is C16H26N4O7. The Morgan fingerprint density at radius 1 is 1.37 bits per heavy atom. The SMILES string of the molecule is C=CCCCn1cc(CNC(=O)CO[C@H]2O[C@H](CO)[C@H](O)[C@H](O)[C@H]2O)nn1. The van der Waals surface area contributed by atoms with E-state index in [2.05, 4.69) is 22.2 Å². The quantitative estimate of drug-likeness (QED) is 0.220. The van der Waals surface area contributed by atoms with Crippen molar-refractivity contribution >= 4 is 5.91 Å². The van der Waals surface area contributed by atoms with Gasteiger partial charge in [0.2, 0.25) is 5.91 Å². The largest absolute Gasteiger partial charge is 0.394 e. The number of allylic oxidation sites excluding steroid dienone is 1. The zero-order valence-electron chi connectivity index (χ0n) is 14.8. The number of amides is 1. The Balaban J connectivity index is 1.73. The van der Waals surface area contributed by atoms with Crippen LogP contribution in [0.1, 0.15) is 18.5 Å². The predicted octanol–water partition coefficient (Wildman–Crippen LogP) is -2.32. The third-order valence-electron chi connectivity index (χ3n) is 4.08. The van der Waals surface area contributed by atoms with Gasteiger partial charge in [-0.15, -0.1) is 11.7 Å². The molecule has 0 saturated carbocycles. The molecule has 5 atom stereocenters. The summed E-state index contributed by atoms with van der Waals surface area (Å²) in [5.74, 6) is -0.492. The van der Waals surface area contributed by atoms with Gasteiger partial charge in [-0.3, -0.25) is 9.48 Å². The minimum absolute atomic E-state index is 0.151. The molecule has 1 aliphatic rings. The molecule has 5 N–H and O–H groups in total.